The van der Waals surface area contributed by atoms with Crippen molar-refractivity contribution in [3.8, 4) is 0 Å². The summed E-state index contributed by atoms with van der Waals surface area (Å²) in [7, 11) is 3.24. The standard InChI is InChI=1S/C19H31N3O2S.HI/c1-20-18(21-13-7-4-10-17(23)24-2)22-15-19(11-5-3-6-12-19)16-9-8-14-25-16;/h8-9,14H,3-7,10-13,15H2,1-2H3,(H2,20,21,22);1H. The molecule has 0 radical (unpaired) electrons. The molecule has 1 heterocycles. The summed E-state index contributed by atoms with van der Waals surface area (Å²) in [6, 6.07) is 4.44. The van der Waals surface area contributed by atoms with Crippen LogP contribution in [-0.4, -0.2) is 39.2 Å². The third-order valence-corrected chi connectivity index (χ3v) is 6.12. The number of methoxy groups -OCH3 is 1. The minimum absolute atomic E-state index is 0. The number of hydrogen-bond acceptors (Lipinski definition) is 4. The number of esters is 1. The van der Waals surface area contributed by atoms with Gasteiger partial charge in [0.15, 0.2) is 5.96 Å². The highest BCUT2D eigenvalue weighted by Crippen LogP contribution is 2.41. The summed E-state index contributed by atoms with van der Waals surface area (Å²) >= 11 is 1.87. The molecule has 7 heteroatoms. The molecule has 0 atom stereocenters. The van der Waals surface area contributed by atoms with Crippen molar-refractivity contribution < 1.29 is 9.53 Å². The fraction of sp³-hybridized carbons (Fsp3) is 0.684. The SMILES string of the molecule is CN=C(NCCCCC(=O)OC)NCC1(c2cccs2)CCCCC1.I. The summed E-state index contributed by atoms with van der Waals surface area (Å²) in [6.07, 6.45) is 8.68. The zero-order valence-electron chi connectivity index (χ0n) is 15.9. The average Bonchev–Trinajstić information content (AvgIpc) is 3.20. The summed E-state index contributed by atoms with van der Waals surface area (Å²) in [4.78, 5) is 16.9. The van der Waals surface area contributed by atoms with Gasteiger partial charge in [0.25, 0.3) is 0 Å². The Morgan fingerprint density at radius 2 is 2.04 bits per heavy atom. The van der Waals surface area contributed by atoms with Crippen LogP contribution in [0.4, 0.5) is 0 Å². The van der Waals surface area contributed by atoms with Crippen LogP contribution in [0.5, 0.6) is 0 Å². The molecule has 0 aliphatic heterocycles. The molecule has 26 heavy (non-hydrogen) atoms. The van der Waals surface area contributed by atoms with E-state index in [0.717, 1.165) is 31.9 Å². The van der Waals surface area contributed by atoms with E-state index in [1.165, 1.54) is 44.1 Å². The zero-order chi connectivity index (χ0) is 18.0. The molecule has 1 aromatic rings. The van der Waals surface area contributed by atoms with E-state index in [2.05, 4.69) is 37.9 Å². The number of carbonyl (C=O) groups excluding carboxylic acids is 1. The largest absolute Gasteiger partial charge is 0.469 e. The normalized spacial score (nSPS) is 16.5. The van der Waals surface area contributed by atoms with Crippen molar-refractivity contribution in [2.75, 3.05) is 27.2 Å². The molecule has 1 aliphatic rings. The third-order valence-electron chi connectivity index (χ3n) is 5.00. The van der Waals surface area contributed by atoms with E-state index in [1.54, 1.807) is 0 Å². The molecule has 1 aliphatic carbocycles. The molecule has 1 saturated carbocycles. The predicted molar refractivity (Wildman–Crippen MR) is 120 cm³/mol. The molecule has 148 valence electrons. The molecule has 1 aromatic heterocycles. The molecule has 0 amide bonds. The molecule has 0 spiro atoms. The van der Waals surface area contributed by atoms with Gasteiger partial charge in [-0.3, -0.25) is 9.79 Å². The Labute approximate surface area is 178 Å². The molecule has 2 rings (SSSR count). The van der Waals surface area contributed by atoms with Gasteiger partial charge in [0.2, 0.25) is 0 Å². The minimum atomic E-state index is -0.141. The molecule has 0 aromatic carbocycles. The summed E-state index contributed by atoms with van der Waals surface area (Å²) in [6.45, 7) is 1.73. The van der Waals surface area contributed by atoms with Crippen molar-refractivity contribution in [1.29, 1.82) is 0 Å². The van der Waals surface area contributed by atoms with Crippen LogP contribution in [0.1, 0.15) is 56.2 Å². The number of ether oxygens (including phenoxy) is 1. The molecule has 0 bridgehead atoms. The van der Waals surface area contributed by atoms with Gasteiger partial charge in [-0.2, -0.15) is 0 Å². The molecule has 0 saturated heterocycles. The highest BCUT2D eigenvalue weighted by Gasteiger charge is 2.34. The summed E-state index contributed by atoms with van der Waals surface area (Å²) in [5.74, 6) is 0.706. The van der Waals surface area contributed by atoms with E-state index in [0.29, 0.717) is 6.42 Å². The van der Waals surface area contributed by atoms with Crippen LogP contribution in [-0.2, 0) is 14.9 Å². The van der Waals surface area contributed by atoms with E-state index in [9.17, 15) is 4.79 Å². The van der Waals surface area contributed by atoms with Gasteiger partial charge in [-0.1, -0.05) is 25.3 Å². The number of unbranched alkanes of at least 4 members (excludes halogenated alkanes) is 1. The highest BCUT2D eigenvalue weighted by molar-refractivity contribution is 14.0. The van der Waals surface area contributed by atoms with E-state index < -0.39 is 0 Å². The number of nitrogens with one attached hydrogen (secondary N) is 2. The van der Waals surface area contributed by atoms with Crippen LogP contribution in [0.15, 0.2) is 22.5 Å². The second-order valence-corrected chi connectivity index (χ2v) is 7.65. The lowest BCUT2D eigenvalue weighted by atomic mass is 9.73. The lowest BCUT2D eigenvalue weighted by Crippen LogP contribution is -2.46. The first-order valence-corrected chi connectivity index (χ1v) is 10.1. The smallest absolute Gasteiger partial charge is 0.305 e. The third kappa shape index (κ3) is 7.06. The Morgan fingerprint density at radius 3 is 2.65 bits per heavy atom. The number of aliphatic imine (C=N–C) groups is 1. The van der Waals surface area contributed by atoms with Gasteiger partial charge >= 0.3 is 5.97 Å². The lowest BCUT2D eigenvalue weighted by Gasteiger charge is -2.37. The Hall–Kier alpha value is -0.830. The summed E-state index contributed by atoms with van der Waals surface area (Å²) < 4.78 is 4.66. The average molecular weight is 493 g/mol. The van der Waals surface area contributed by atoms with Crippen LogP contribution in [0, 0.1) is 0 Å². The summed E-state index contributed by atoms with van der Waals surface area (Å²) in [5.41, 5.74) is 0.245. The van der Waals surface area contributed by atoms with Crippen molar-refractivity contribution >= 4 is 47.2 Å². The van der Waals surface area contributed by atoms with Gasteiger partial charge in [-0.15, -0.1) is 35.3 Å². The van der Waals surface area contributed by atoms with Gasteiger partial charge < -0.3 is 15.4 Å². The van der Waals surface area contributed by atoms with Gasteiger partial charge in [-0.05, 0) is 37.1 Å². The van der Waals surface area contributed by atoms with Gasteiger partial charge in [0.05, 0.1) is 7.11 Å². The maximum absolute atomic E-state index is 11.1. The van der Waals surface area contributed by atoms with E-state index >= 15 is 0 Å². The first-order valence-electron chi connectivity index (χ1n) is 9.25. The molecule has 2 N–H and O–H groups in total. The second kappa shape index (κ2) is 12.5. The van der Waals surface area contributed by atoms with Crippen LogP contribution in [0.2, 0.25) is 0 Å². The fourth-order valence-electron chi connectivity index (χ4n) is 3.50. The first-order chi connectivity index (χ1) is 12.2. The lowest BCUT2D eigenvalue weighted by molar-refractivity contribution is -0.140. The van der Waals surface area contributed by atoms with Crippen molar-refractivity contribution in [1.82, 2.24) is 10.6 Å². The second-order valence-electron chi connectivity index (χ2n) is 6.70. The number of guanidine groups is 1. The molecular formula is C19H32IN3O2S. The molecular weight excluding hydrogens is 461 g/mol. The van der Waals surface area contributed by atoms with Crippen molar-refractivity contribution in [3.63, 3.8) is 0 Å². The molecule has 5 nitrogen and oxygen atoms in total. The number of halogens is 1. The van der Waals surface area contributed by atoms with Crippen molar-refractivity contribution in [2.45, 2.75) is 56.8 Å². The maximum Gasteiger partial charge on any atom is 0.305 e. The van der Waals surface area contributed by atoms with Crippen LogP contribution in [0.25, 0.3) is 0 Å². The first kappa shape index (κ1) is 23.2. The number of thiophene rings is 1. The highest BCUT2D eigenvalue weighted by atomic mass is 127. The Morgan fingerprint density at radius 1 is 1.27 bits per heavy atom. The Balaban J connectivity index is 0.00000338. The van der Waals surface area contributed by atoms with Crippen molar-refractivity contribution in [3.05, 3.63) is 22.4 Å². The van der Waals surface area contributed by atoms with Gasteiger partial charge in [-0.25, -0.2) is 0 Å². The van der Waals surface area contributed by atoms with Crippen LogP contribution in [0.3, 0.4) is 0 Å². The fourth-order valence-corrected chi connectivity index (χ4v) is 4.48. The minimum Gasteiger partial charge on any atom is -0.469 e. The topological polar surface area (TPSA) is 62.7 Å². The predicted octanol–water partition coefficient (Wildman–Crippen LogP) is 4.08. The molecule has 1 fully saturated rings. The number of nitrogens with zero attached hydrogens (tertiary/aromatic N) is 1. The van der Waals surface area contributed by atoms with E-state index in [-0.39, 0.29) is 35.4 Å². The zero-order valence-corrected chi connectivity index (χ0v) is 19.0. The summed E-state index contributed by atoms with van der Waals surface area (Å²) in [5, 5.41) is 9.07. The maximum atomic E-state index is 11.1. The van der Waals surface area contributed by atoms with Crippen LogP contribution < -0.4 is 10.6 Å². The monoisotopic (exact) mass is 493 g/mol. The van der Waals surface area contributed by atoms with E-state index in [4.69, 9.17) is 0 Å². The number of hydrogen-bond donors (Lipinski definition) is 2. The number of carbonyl (C=O) groups is 1. The number of rotatable bonds is 8. The Bertz CT molecular complexity index is 543. The van der Waals surface area contributed by atoms with Crippen molar-refractivity contribution in [2.24, 2.45) is 4.99 Å². The molecule has 0 unspecified atom stereocenters. The Kier molecular flexibility index (Phi) is 11.2. The van der Waals surface area contributed by atoms with Crippen LogP contribution >= 0.6 is 35.3 Å². The quantitative estimate of drug-likeness (QED) is 0.188. The van der Waals surface area contributed by atoms with Gasteiger partial charge in [0, 0.05) is 36.9 Å². The van der Waals surface area contributed by atoms with E-state index in [1.807, 2.05) is 18.4 Å². The van der Waals surface area contributed by atoms with Gasteiger partial charge in [0.1, 0.15) is 0 Å².